The Labute approximate surface area is 119 Å². The molecule has 0 saturated carbocycles. The second-order valence-electron chi connectivity index (χ2n) is 4.47. The highest BCUT2D eigenvalue weighted by molar-refractivity contribution is 5.59. The van der Waals surface area contributed by atoms with Crippen LogP contribution in [0.4, 0.5) is 11.5 Å². The first-order valence-corrected chi connectivity index (χ1v) is 6.28. The van der Waals surface area contributed by atoms with Gasteiger partial charge < -0.3 is 5.32 Å². The van der Waals surface area contributed by atoms with Crippen LogP contribution in [-0.2, 0) is 6.54 Å². The molecular formula is C13H12N6O2. The summed E-state index contributed by atoms with van der Waals surface area (Å²) in [6.07, 6.45) is 4.87. The fraction of sp³-hybridized carbons (Fsp3) is 0.154. The van der Waals surface area contributed by atoms with E-state index in [2.05, 4.69) is 20.4 Å². The Morgan fingerprint density at radius 3 is 2.86 bits per heavy atom. The van der Waals surface area contributed by atoms with E-state index in [9.17, 15) is 10.1 Å². The number of pyridine rings is 1. The Bertz CT molecular complexity index is 813. The third kappa shape index (κ3) is 2.38. The van der Waals surface area contributed by atoms with Gasteiger partial charge in [-0.25, -0.2) is 14.5 Å². The molecule has 3 aromatic heterocycles. The minimum atomic E-state index is -0.430. The molecule has 0 spiro atoms. The number of aryl methyl sites for hydroxylation is 1. The average Bonchev–Trinajstić information content (AvgIpc) is 2.93. The molecule has 0 unspecified atom stereocenters. The first kappa shape index (κ1) is 13.0. The molecule has 3 rings (SSSR count). The number of aromatic nitrogens is 4. The Morgan fingerprint density at radius 1 is 1.24 bits per heavy atom. The summed E-state index contributed by atoms with van der Waals surface area (Å²) in [5, 5.41) is 18.3. The largest absolute Gasteiger partial charge is 0.359 e. The molecule has 0 aliphatic heterocycles. The van der Waals surface area contributed by atoms with Crippen molar-refractivity contribution in [2.75, 3.05) is 5.32 Å². The molecule has 0 aliphatic rings. The predicted octanol–water partition coefficient (Wildman–Crippen LogP) is 1.95. The summed E-state index contributed by atoms with van der Waals surface area (Å²) in [6.45, 7) is 2.04. The van der Waals surface area contributed by atoms with Gasteiger partial charge in [0.05, 0.1) is 23.4 Å². The van der Waals surface area contributed by atoms with Gasteiger partial charge in [-0.15, -0.1) is 0 Å². The maximum atomic E-state index is 11.1. The highest BCUT2D eigenvalue weighted by Crippen LogP contribution is 2.25. The first-order valence-electron chi connectivity index (χ1n) is 6.28. The van der Waals surface area contributed by atoms with E-state index in [0.717, 1.165) is 11.3 Å². The Balaban J connectivity index is 1.90. The van der Waals surface area contributed by atoms with Crippen LogP contribution in [0.5, 0.6) is 0 Å². The molecule has 0 atom stereocenters. The van der Waals surface area contributed by atoms with Crippen molar-refractivity contribution in [3.63, 3.8) is 0 Å². The third-order valence-electron chi connectivity index (χ3n) is 3.11. The lowest BCUT2D eigenvalue weighted by atomic mass is 10.2. The third-order valence-corrected chi connectivity index (χ3v) is 3.11. The van der Waals surface area contributed by atoms with E-state index in [0.29, 0.717) is 12.1 Å². The summed E-state index contributed by atoms with van der Waals surface area (Å²) < 4.78 is 1.68. The van der Waals surface area contributed by atoms with Crippen LogP contribution in [0.25, 0.3) is 5.65 Å². The van der Waals surface area contributed by atoms with Gasteiger partial charge in [-0.05, 0) is 19.1 Å². The molecule has 1 N–H and O–H groups in total. The van der Waals surface area contributed by atoms with Gasteiger partial charge >= 0.3 is 5.69 Å². The Morgan fingerprint density at radius 2 is 2.05 bits per heavy atom. The maximum absolute atomic E-state index is 11.1. The topological polar surface area (TPSA) is 98.2 Å². The van der Waals surface area contributed by atoms with Crippen molar-refractivity contribution >= 4 is 17.2 Å². The molecule has 8 heteroatoms. The summed E-state index contributed by atoms with van der Waals surface area (Å²) in [5.41, 5.74) is 2.11. The zero-order valence-corrected chi connectivity index (χ0v) is 11.2. The molecule has 106 valence electrons. The van der Waals surface area contributed by atoms with Crippen LogP contribution in [0.2, 0.25) is 0 Å². The van der Waals surface area contributed by atoms with Gasteiger partial charge in [0.1, 0.15) is 0 Å². The van der Waals surface area contributed by atoms with Crippen molar-refractivity contribution in [3.05, 3.63) is 58.2 Å². The fourth-order valence-electron chi connectivity index (χ4n) is 2.10. The van der Waals surface area contributed by atoms with Crippen LogP contribution < -0.4 is 5.32 Å². The minimum absolute atomic E-state index is 0.0109. The summed E-state index contributed by atoms with van der Waals surface area (Å²) in [5.74, 6) is 0.247. The van der Waals surface area contributed by atoms with Crippen LogP contribution in [0, 0.1) is 17.0 Å². The molecule has 0 amide bonds. The minimum Gasteiger partial charge on any atom is -0.359 e. The van der Waals surface area contributed by atoms with Crippen molar-refractivity contribution in [2.24, 2.45) is 0 Å². The van der Waals surface area contributed by atoms with E-state index < -0.39 is 4.92 Å². The van der Waals surface area contributed by atoms with Crippen LogP contribution in [0.3, 0.4) is 0 Å². The first-order chi connectivity index (χ1) is 10.2. The number of fused-ring (bicyclic) bond motifs is 1. The summed E-state index contributed by atoms with van der Waals surface area (Å²) in [7, 11) is 0. The lowest BCUT2D eigenvalue weighted by molar-refractivity contribution is -0.384. The molecule has 3 heterocycles. The number of nitrogens with one attached hydrogen (secondary N) is 1. The number of nitrogens with zero attached hydrogens (tertiary/aromatic N) is 5. The number of hydrogen-bond donors (Lipinski definition) is 1. The van der Waals surface area contributed by atoms with Crippen LogP contribution in [0.15, 0.2) is 36.8 Å². The van der Waals surface area contributed by atoms with E-state index in [1.807, 2.05) is 0 Å². The summed E-state index contributed by atoms with van der Waals surface area (Å²) in [4.78, 5) is 18.9. The predicted molar refractivity (Wildman–Crippen MR) is 75.9 cm³/mol. The average molecular weight is 284 g/mol. The standard InChI is InChI=1S/C13H12N6O2/c1-9-2-5-15-13(12(9)19(20)21)16-8-10-3-6-14-11-4-7-17-18(10)11/h2-7H,8H2,1H3,(H,15,16). The quantitative estimate of drug-likeness (QED) is 0.580. The molecule has 8 nitrogen and oxygen atoms in total. The van der Waals surface area contributed by atoms with E-state index in [-0.39, 0.29) is 11.5 Å². The Kier molecular flexibility index (Phi) is 3.19. The second kappa shape index (κ2) is 5.16. The molecule has 0 fully saturated rings. The fourth-order valence-corrected chi connectivity index (χ4v) is 2.10. The monoisotopic (exact) mass is 284 g/mol. The Hall–Kier alpha value is -3.03. The number of rotatable bonds is 4. The van der Waals surface area contributed by atoms with Gasteiger partial charge in [0.25, 0.3) is 0 Å². The molecule has 0 radical (unpaired) electrons. The number of hydrogen-bond acceptors (Lipinski definition) is 6. The molecule has 0 bridgehead atoms. The summed E-state index contributed by atoms with van der Waals surface area (Å²) in [6, 6.07) is 5.20. The van der Waals surface area contributed by atoms with E-state index in [1.54, 1.807) is 48.2 Å². The van der Waals surface area contributed by atoms with Crippen LogP contribution in [0.1, 0.15) is 11.3 Å². The molecule has 21 heavy (non-hydrogen) atoms. The van der Waals surface area contributed by atoms with Crippen molar-refractivity contribution in [1.82, 2.24) is 19.6 Å². The zero-order valence-electron chi connectivity index (χ0n) is 11.2. The van der Waals surface area contributed by atoms with Gasteiger partial charge in [0.15, 0.2) is 5.65 Å². The lowest BCUT2D eigenvalue weighted by Crippen LogP contribution is -2.09. The summed E-state index contributed by atoms with van der Waals surface area (Å²) >= 11 is 0. The molecule has 3 aromatic rings. The van der Waals surface area contributed by atoms with Crippen LogP contribution >= 0.6 is 0 Å². The van der Waals surface area contributed by atoms with Crippen molar-refractivity contribution in [2.45, 2.75) is 13.5 Å². The van der Waals surface area contributed by atoms with Gasteiger partial charge in [-0.1, -0.05) is 0 Å². The zero-order chi connectivity index (χ0) is 14.8. The van der Waals surface area contributed by atoms with E-state index in [4.69, 9.17) is 0 Å². The second-order valence-corrected chi connectivity index (χ2v) is 4.47. The highest BCUT2D eigenvalue weighted by atomic mass is 16.6. The molecular weight excluding hydrogens is 272 g/mol. The molecule has 0 aromatic carbocycles. The van der Waals surface area contributed by atoms with Crippen molar-refractivity contribution in [3.8, 4) is 0 Å². The molecule has 0 saturated heterocycles. The van der Waals surface area contributed by atoms with E-state index in [1.165, 1.54) is 0 Å². The number of nitro groups is 1. The van der Waals surface area contributed by atoms with Gasteiger partial charge in [0, 0.05) is 24.0 Å². The van der Waals surface area contributed by atoms with Gasteiger partial charge in [-0.3, -0.25) is 10.1 Å². The SMILES string of the molecule is Cc1ccnc(NCc2ccnc3ccnn23)c1[N+](=O)[O-]. The molecule has 0 aliphatic carbocycles. The smallest absolute Gasteiger partial charge is 0.314 e. The van der Waals surface area contributed by atoms with Crippen molar-refractivity contribution in [1.29, 1.82) is 0 Å². The van der Waals surface area contributed by atoms with Gasteiger partial charge in [-0.2, -0.15) is 5.10 Å². The van der Waals surface area contributed by atoms with Gasteiger partial charge in [0.2, 0.25) is 5.82 Å². The highest BCUT2D eigenvalue weighted by Gasteiger charge is 2.18. The lowest BCUT2D eigenvalue weighted by Gasteiger charge is -2.08. The van der Waals surface area contributed by atoms with Crippen molar-refractivity contribution < 1.29 is 4.92 Å². The maximum Gasteiger partial charge on any atom is 0.314 e. The van der Waals surface area contributed by atoms with E-state index >= 15 is 0 Å². The number of anilines is 1. The van der Waals surface area contributed by atoms with Crippen LogP contribution in [-0.4, -0.2) is 24.5 Å². The normalized spacial score (nSPS) is 10.7.